The minimum absolute atomic E-state index is 0.164. The van der Waals surface area contributed by atoms with Crippen molar-refractivity contribution in [3.05, 3.63) is 35.9 Å². The van der Waals surface area contributed by atoms with Crippen molar-refractivity contribution < 1.29 is 14.3 Å². The lowest BCUT2D eigenvalue weighted by molar-refractivity contribution is 0.0736. The fourth-order valence-corrected chi connectivity index (χ4v) is 6.06. The lowest BCUT2D eigenvalue weighted by Gasteiger charge is -2.34. The van der Waals surface area contributed by atoms with Gasteiger partial charge in [0, 0.05) is 12.7 Å². The van der Waals surface area contributed by atoms with Crippen molar-refractivity contribution >= 4 is 8.32 Å². The molecule has 0 bridgehead atoms. The minimum atomic E-state index is -1.62. The van der Waals surface area contributed by atoms with Crippen LogP contribution >= 0.6 is 0 Å². The Labute approximate surface area is 149 Å². The molecule has 0 aromatic heterocycles. The quantitative estimate of drug-likeness (QED) is 0.394. The summed E-state index contributed by atoms with van der Waals surface area (Å²) in [5.74, 6) is 0. The van der Waals surface area contributed by atoms with Gasteiger partial charge in [-0.25, -0.2) is 0 Å². The Morgan fingerprint density at radius 2 is 1.67 bits per heavy atom. The molecule has 1 aromatic carbocycles. The fraction of sp³-hybridized carbons (Fsp3) is 0.700. The summed E-state index contributed by atoms with van der Waals surface area (Å²) in [5, 5.41) is 9.79. The molecule has 0 aliphatic rings. The van der Waals surface area contributed by atoms with E-state index in [9.17, 15) is 5.11 Å². The van der Waals surface area contributed by atoms with Gasteiger partial charge < -0.3 is 14.3 Å². The second kappa shape index (κ2) is 11.8. The standard InChI is InChI=1S/C20H36O3Si/c1-5-24(6-2,7-3)23-20(16-18(4)21)14-11-15-22-17-19-12-9-8-10-13-19/h8-10,12-13,18,20-21H,5-7,11,14-17H2,1-4H3. The largest absolute Gasteiger partial charge is 0.414 e. The Kier molecular flexibility index (Phi) is 10.5. The molecule has 1 aromatic rings. The van der Waals surface area contributed by atoms with Crippen LogP contribution < -0.4 is 0 Å². The second-order valence-electron chi connectivity index (χ2n) is 6.75. The lowest BCUT2D eigenvalue weighted by atomic mass is 10.1. The van der Waals surface area contributed by atoms with Gasteiger partial charge in [-0.15, -0.1) is 0 Å². The van der Waals surface area contributed by atoms with Gasteiger partial charge in [0.05, 0.1) is 12.7 Å². The van der Waals surface area contributed by atoms with Gasteiger partial charge >= 0.3 is 0 Å². The summed E-state index contributed by atoms with van der Waals surface area (Å²) in [6.45, 7) is 10.0. The highest BCUT2D eigenvalue weighted by molar-refractivity contribution is 6.73. The highest BCUT2D eigenvalue weighted by Crippen LogP contribution is 2.26. The molecule has 1 N–H and O–H groups in total. The molecule has 24 heavy (non-hydrogen) atoms. The van der Waals surface area contributed by atoms with Gasteiger partial charge in [0.15, 0.2) is 8.32 Å². The van der Waals surface area contributed by atoms with Crippen LogP contribution in [0.3, 0.4) is 0 Å². The molecule has 2 unspecified atom stereocenters. The maximum absolute atomic E-state index is 9.79. The van der Waals surface area contributed by atoms with E-state index in [1.54, 1.807) is 0 Å². The van der Waals surface area contributed by atoms with Crippen LogP contribution in [-0.4, -0.2) is 32.2 Å². The fourth-order valence-electron chi connectivity index (χ4n) is 3.14. The van der Waals surface area contributed by atoms with Gasteiger partial charge in [-0.2, -0.15) is 0 Å². The first-order chi connectivity index (χ1) is 11.5. The van der Waals surface area contributed by atoms with Crippen molar-refractivity contribution in [3.8, 4) is 0 Å². The predicted octanol–water partition coefficient (Wildman–Crippen LogP) is 5.14. The molecule has 1 rings (SSSR count). The molecule has 0 aliphatic carbocycles. The summed E-state index contributed by atoms with van der Waals surface area (Å²) in [7, 11) is -1.62. The molecule has 0 amide bonds. The Hall–Kier alpha value is -0.683. The zero-order chi connectivity index (χ0) is 17.8. The Balaban J connectivity index is 2.39. The second-order valence-corrected chi connectivity index (χ2v) is 11.5. The van der Waals surface area contributed by atoms with E-state index in [-0.39, 0.29) is 12.2 Å². The summed E-state index contributed by atoms with van der Waals surface area (Å²) in [6.07, 6.45) is 2.53. The molecule has 0 aliphatic heterocycles. The molecule has 2 atom stereocenters. The van der Waals surface area contributed by atoms with Crippen molar-refractivity contribution in [2.75, 3.05) is 6.61 Å². The smallest absolute Gasteiger partial charge is 0.192 e. The molecule has 138 valence electrons. The zero-order valence-corrected chi connectivity index (χ0v) is 17.0. The molecular formula is C20H36O3Si. The number of aliphatic hydroxyl groups excluding tert-OH is 1. The van der Waals surface area contributed by atoms with E-state index in [1.807, 2.05) is 25.1 Å². The minimum Gasteiger partial charge on any atom is -0.414 e. The van der Waals surface area contributed by atoms with E-state index in [4.69, 9.17) is 9.16 Å². The first kappa shape index (κ1) is 21.4. The average Bonchev–Trinajstić information content (AvgIpc) is 2.59. The molecular weight excluding hydrogens is 316 g/mol. The van der Waals surface area contributed by atoms with Crippen LogP contribution in [0.25, 0.3) is 0 Å². The molecule has 4 heteroatoms. The first-order valence-electron chi connectivity index (χ1n) is 9.52. The van der Waals surface area contributed by atoms with E-state index in [0.29, 0.717) is 6.61 Å². The summed E-state index contributed by atoms with van der Waals surface area (Å²) in [4.78, 5) is 0. The molecule has 0 saturated heterocycles. The first-order valence-corrected chi connectivity index (χ1v) is 12.1. The third-order valence-corrected chi connectivity index (χ3v) is 9.58. The van der Waals surface area contributed by atoms with E-state index in [1.165, 1.54) is 5.56 Å². The molecule has 3 nitrogen and oxygen atoms in total. The van der Waals surface area contributed by atoms with Gasteiger partial charge in [0.1, 0.15) is 0 Å². The predicted molar refractivity (Wildman–Crippen MR) is 104 cm³/mol. The Morgan fingerprint density at radius 1 is 1.04 bits per heavy atom. The van der Waals surface area contributed by atoms with Crippen molar-refractivity contribution in [2.45, 2.75) is 83.9 Å². The van der Waals surface area contributed by atoms with Gasteiger partial charge in [0.2, 0.25) is 0 Å². The normalized spacial score (nSPS) is 14.5. The van der Waals surface area contributed by atoms with Crippen LogP contribution in [0.5, 0.6) is 0 Å². The van der Waals surface area contributed by atoms with E-state index < -0.39 is 8.32 Å². The van der Waals surface area contributed by atoms with Crippen molar-refractivity contribution in [1.82, 2.24) is 0 Å². The van der Waals surface area contributed by atoms with Crippen molar-refractivity contribution in [2.24, 2.45) is 0 Å². The summed E-state index contributed by atoms with van der Waals surface area (Å²) in [6, 6.07) is 13.7. The highest BCUT2D eigenvalue weighted by Gasteiger charge is 2.32. The van der Waals surface area contributed by atoms with E-state index in [2.05, 4.69) is 32.9 Å². The summed E-state index contributed by atoms with van der Waals surface area (Å²) >= 11 is 0. The molecule has 0 heterocycles. The summed E-state index contributed by atoms with van der Waals surface area (Å²) < 4.78 is 12.4. The van der Waals surface area contributed by atoms with Crippen LogP contribution in [0.2, 0.25) is 18.1 Å². The number of benzene rings is 1. The van der Waals surface area contributed by atoms with Crippen molar-refractivity contribution in [1.29, 1.82) is 0 Å². The van der Waals surface area contributed by atoms with Gasteiger partial charge in [0.25, 0.3) is 0 Å². The third kappa shape index (κ3) is 7.93. The van der Waals surface area contributed by atoms with Gasteiger partial charge in [-0.05, 0) is 49.9 Å². The number of hydrogen-bond acceptors (Lipinski definition) is 3. The van der Waals surface area contributed by atoms with Gasteiger partial charge in [-0.1, -0.05) is 51.1 Å². The molecule has 0 spiro atoms. The Morgan fingerprint density at radius 3 is 2.21 bits per heavy atom. The maximum atomic E-state index is 9.79. The number of rotatable bonds is 13. The topological polar surface area (TPSA) is 38.7 Å². The number of aliphatic hydroxyl groups is 1. The third-order valence-electron chi connectivity index (χ3n) is 4.88. The maximum Gasteiger partial charge on any atom is 0.192 e. The molecule has 0 fully saturated rings. The van der Waals surface area contributed by atoms with Crippen molar-refractivity contribution in [3.63, 3.8) is 0 Å². The van der Waals surface area contributed by atoms with Crippen LogP contribution in [0, 0.1) is 0 Å². The molecule has 0 radical (unpaired) electrons. The average molecular weight is 353 g/mol. The SMILES string of the molecule is CC[Si](CC)(CC)OC(CCCOCc1ccccc1)CC(C)O. The monoisotopic (exact) mass is 352 g/mol. The van der Waals surface area contributed by atoms with E-state index >= 15 is 0 Å². The Bertz CT molecular complexity index is 410. The van der Waals surface area contributed by atoms with Crippen LogP contribution in [0.1, 0.15) is 52.5 Å². The highest BCUT2D eigenvalue weighted by atomic mass is 28.4. The number of hydrogen-bond donors (Lipinski definition) is 1. The van der Waals surface area contributed by atoms with E-state index in [0.717, 1.165) is 44.0 Å². The molecule has 0 saturated carbocycles. The van der Waals surface area contributed by atoms with Gasteiger partial charge in [-0.3, -0.25) is 0 Å². The summed E-state index contributed by atoms with van der Waals surface area (Å²) in [5.41, 5.74) is 1.21. The number of ether oxygens (including phenoxy) is 1. The zero-order valence-electron chi connectivity index (χ0n) is 16.0. The van der Waals surface area contributed by atoms with Crippen LogP contribution in [0.15, 0.2) is 30.3 Å². The lowest BCUT2D eigenvalue weighted by Crippen LogP contribution is -2.40. The van der Waals surface area contributed by atoms with Crippen LogP contribution in [-0.2, 0) is 15.8 Å². The van der Waals surface area contributed by atoms with Crippen LogP contribution in [0.4, 0.5) is 0 Å².